The molecule has 3 aromatic heterocycles. The number of rotatable bonds is 4. The summed E-state index contributed by atoms with van der Waals surface area (Å²) in [6, 6.07) is 5.91. The Kier molecular flexibility index (Phi) is 4.87. The lowest BCUT2D eigenvalue weighted by Crippen LogP contribution is -2.39. The van der Waals surface area contributed by atoms with Gasteiger partial charge in [0.1, 0.15) is 23.4 Å². The lowest BCUT2D eigenvalue weighted by atomic mass is 10.1. The first kappa shape index (κ1) is 19.7. The third kappa shape index (κ3) is 3.36. The van der Waals surface area contributed by atoms with Crippen LogP contribution in [0.5, 0.6) is 5.75 Å². The number of aromatic nitrogens is 5. The Balaban J connectivity index is 1.24. The molecular formula is C21H21N7O2S2. The highest BCUT2D eigenvalue weighted by molar-refractivity contribution is 7.99. The molecule has 2 aliphatic heterocycles. The van der Waals surface area contributed by atoms with Crippen LogP contribution in [-0.2, 0) is 4.79 Å². The fourth-order valence-corrected chi connectivity index (χ4v) is 5.94. The van der Waals surface area contributed by atoms with Gasteiger partial charge in [-0.3, -0.25) is 9.20 Å². The molecule has 11 heteroatoms. The van der Waals surface area contributed by atoms with Crippen LogP contribution >= 0.6 is 23.1 Å². The summed E-state index contributed by atoms with van der Waals surface area (Å²) in [6.45, 7) is 5.12. The molecule has 9 nitrogen and oxygen atoms in total. The first-order chi connectivity index (χ1) is 15.7. The number of aryl methyl sites for hydroxylation is 1. The van der Waals surface area contributed by atoms with Crippen molar-refractivity contribution in [3.63, 3.8) is 0 Å². The fraction of sp³-hybridized carbons (Fsp3) is 0.381. The Morgan fingerprint density at radius 1 is 1.22 bits per heavy atom. The number of nitrogens with zero attached hydrogens (tertiary/aromatic N) is 7. The van der Waals surface area contributed by atoms with Crippen LogP contribution in [0, 0.1) is 6.92 Å². The van der Waals surface area contributed by atoms with E-state index in [4.69, 9.17) is 9.72 Å². The van der Waals surface area contributed by atoms with Gasteiger partial charge < -0.3 is 14.5 Å². The highest BCUT2D eigenvalue weighted by atomic mass is 32.2. The summed E-state index contributed by atoms with van der Waals surface area (Å²) in [5, 5.41) is 10.4. The number of fused-ring (bicyclic) bond motifs is 4. The second-order valence-corrected chi connectivity index (χ2v) is 9.84. The molecule has 6 rings (SSSR count). The molecule has 1 amide bonds. The van der Waals surface area contributed by atoms with Crippen LogP contribution in [0.3, 0.4) is 0 Å². The Labute approximate surface area is 192 Å². The average Bonchev–Trinajstić information content (AvgIpc) is 3.55. The van der Waals surface area contributed by atoms with Crippen LogP contribution in [0.15, 0.2) is 29.7 Å². The molecular weight excluding hydrogens is 446 g/mol. The molecule has 0 unspecified atom stereocenters. The summed E-state index contributed by atoms with van der Waals surface area (Å²) in [6.07, 6.45) is 4.10. The zero-order valence-electron chi connectivity index (χ0n) is 17.5. The summed E-state index contributed by atoms with van der Waals surface area (Å²) in [7, 11) is 0. The van der Waals surface area contributed by atoms with Crippen LogP contribution in [0.4, 0.5) is 10.8 Å². The van der Waals surface area contributed by atoms with Gasteiger partial charge in [0, 0.05) is 13.1 Å². The lowest BCUT2D eigenvalue weighted by molar-refractivity contribution is -0.116. The molecule has 1 saturated heterocycles. The van der Waals surface area contributed by atoms with Crippen molar-refractivity contribution in [3.05, 3.63) is 30.1 Å². The molecule has 4 aromatic rings. The number of carbonyl (C=O) groups is 1. The van der Waals surface area contributed by atoms with Gasteiger partial charge in [-0.25, -0.2) is 4.98 Å². The second-order valence-electron chi connectivity index (χ2n) is 7.92. The van der Waals surface area contributed by atoms with E-state index in [1.54, 1.807) is 22.6 Å². The first-order valence-electron chi connectivity index (χ1n) is 10.6. The second kappa shape index (κ2) is 7.89. The van der Waals surface area contributed by atoms with Crippen molar-refractivity contribution < 1.29 is 9.53 Å². The maximum atomic E-state index is 13.0. The molecule has 1 aromatic carbocycles. The van der Waals surface area contributed by atoms with E-state index >= 15 is 0 Å². The standard InChI is InChI=1S/C21H21N7O2S2/c1-13-4-5-15-14(10-13)27(8-9-30-15)16(29)11-31-21-25-24-19-17-18(22-12-28(19)21)23-20(32-17)26-6-2-3-7-26/h4-5,10,12H,2-3,6-9,11H2,1H3. The van der Waals surface area contributed by atoms with Gasteiger partial charge in [-0.15, -0.1) is 10.2 Å². The lowest BCUT2D eigenvalue weighted by Gasteiger charge is -2.29. The Hall–Kier alpha value is -2.92. The quantitative estimate of drug-likeness (QED) is 0.423. The number of anilines is 2. The molecule has 32 heavy (non-hydrogen) atoms. The molecule has 5 heterocycles. The zero-order valence-corrected chi connectivity index (χ0v) is 19.2. The largest absolute Gasteiger partial charge is 0.490 e. The Bertz CT molecular complexity index is 1330. The van der Waals surface area contributed by atoms with Crippen molar-refractivity contribution in [3.8, 4) is 5.75 Å². The number of benzene rings is 1. The van der Waals surface area contributed by atoms with Crippen molar-refractivity contribution in [1.82, 2.24) is 24.6 Å². The summed E-state index contributed by atoms with van der Waals surface area (Å²) >= 11 is 2.98. The SMILES string of the molecule is Cc1ccc2c(c1)N(C(=O)CSc1nnc3c4sc(N5CCCC5)nc4ncn13)CCO2. The molecule has 0 N–H and O–H groups in total. The Morgan fingerprint density at radius 2 is 2.09 bits per heavy atom. The van der Waals surface area contributed by atoms with E-state index in [0.717, 1.165) is 45.6 Å². The molecule has 0 bridgehead atoms. The predicted molar refractivity (Wildman–Crippen MR) is 125 cm³/mol. The fourth-order valence-electron chi connectivity index (χ4n) is 4.12. The van der Waals surface area contributed by atoms with Crippen LogP contribution in [0.2, 0.25) is 0 Å². The van der Waals surface area contributed by atoms with E-state index in [-0.39, 0.29) is 11.7 Å². The topological polar surface area (TPSA) is 88.8 Å². The normalized spacial score (nSPS) is 16.0. The number of amides is 1. The van der Waals surface area contributed by atoms with Gasteiger partial charge in [-0.1, -0.05) is 29.2 Å². The number of hydrogen-bond donors (Lipinski definition) is 0. The van der Waals surface area contributed by atoms with Crippen molar-refractivity contribution in [1.29, 1.82) is 0 Å². The van der Waals surface area contributed by atoms with Crippen LogP contribution in [0.1, 0.15) is 18.4 Å². The van der Waals surface area contributed by atoms with Crippen molar-refractivity contribution >= 4 is 55.8 Å². The number of carbonyl (C=O) groups excluding carboxylic acids is 1. The zero-order chi connectivity index (χ0) is 21.7. The van der Waals surface area contributed by atoms with Gasteiger partial charge in [0.15, 0.2) is 21.6 Å². The summed E-state index contributed by atoms with van der Waals surface area (Å²) in [4.78, 5) is 26.3. The molecule has 164 valence electrons. The first-order valence-corrected chi connectivity index (χ1v) is 12.4. The molecule has 0 spiro atoms. The minimum absolute atomic E-state index is 0.0186. The van der Waals surface area contributed by atoms with E-state index in [1.807, 2.05) is 29.5 Å². The van der Waals surface area contributed by atoms with E-state index in [0.29, 0.717) is 24.0 Å². The highest BCUT2D eigenvalue weighted by Gasteiger charge is 2.25. The van der Waals surface area contributed by atoms with Gasteiger partial charge in [-0.05, 0) is 37.5 Å². The average molecular weight is 468 g/mol. The summed E-state index contributed by atoms with van der Waals surface area (Å²) < 4.78 is 8.48. The van der Waals surface area contributed by atoms with E-state index in [9.17, 15) is 4.79 Å². The van der Waals surface area contributed by atoms with E-state index in [1.165, 1.54) is 24.6 Å². The molecule has 1 fully saturated rings. The maximum Gasteiger partial charge on any atom is 0.237 e. The van der Waals surface area contributed by atoms with Crippen molar-refractivity contribution in [2.75, 3.05) is 41.8 Å². The van der Waals surface area contributed by atoms with Crippen LogP contribution < -0.4 is 14.5 Å². The number of hydrogen-bond acceptors (Lipinski definition) is 9. The highest BCUT2D eigenvalue weighted by Crippen LogP contribution is 2.34. The van der Waals surface area contributed by atoms with Gasteiger partial charge in [0.05, 0.1) is 18.0 Å². The van der Waals surface area contributed by atoms with Gasteiger partial charge in [-0.2, -0.15) is 4.98 Å². The Morgan fingerprint density at radius 3 is 2.97 bits per heavy atom. The van der Waals surface area contributed by atoms with Gasteiger partial charge in [0.2, 0.25) is 5.91 Å². The summed E-state index contributed by atoms with van der Waals surface area (Å²) in [5.74, 6) is 1.03. The smallest absolute Gasteiger partial charge is 0.237 e. The van der Waals surface area contributed by atoms with Crippen LogP contribution in [-0.4, -0.2) is 62.5 Å². The van der Waals surface area contributed by atoms with Gasteiger partial charge in [0.25, 0.3) is 0 Å². The summed E-state index contributed by atoms with van der Waals surface area (Å²) in [5.41, 5.74) is 3.36. The number of thioether (sulfide) groups is 1. The molecule has 0 radical (unpaired) electrons. The van der Waals surface area contributed by atoms with Gasteiger partial charge >= 0.3 is 0 Å². The molecule has 0 atom stereocenters. The predicted octanol–water partition coefficient (Wildman–Crippen LogP) is 3.16. The number of thiazole rings is 1. The minimum atomic E-state index is 0.0186. The maximum absolute atomic E-state index is 13.0. The third-order valence-corrected chi connectivity index (χ3v) is 7.77. The van der Waals surface area contributed by atoms with Crippen molar-refractivity contribution in [2.24, 2.45) is 0 Å². The third-order valence-electron chi connectivity index (χ3n) is 5.74. The van der Waals surface area contributed by atoms with E-state index < -0.39 is 0 Å². The molecule has 0 saturated carbocycles. The number of ether oxygens (including phenoxy) is 1. The molecule has 0 aliphatic carbocycles. The monoisotopic (exact) mass is 467 g/mol. The molecule has 2 aliphatic rings. The van der Waals surface area contributed by atoms with E-state index in [2.05, 4.69) is 20.1 Å². The van der Waals surface area contributed by atoms with Crippen molar-refractivity contribution in [2.45, 2.75) is 24.9 Å². The minimum Gasteiger partial charge on any atom is -0.490 e. The van der Waals surface area contributed by atoms with Crippen LogP contribution in [0.25, 0.3) is 16.0 Å².